The standard InChI is InChI=1S/C14H14N2O4/c1-2-20-12-7-6-9(8-15-12)16-14(19)13-10(17)4-3-5-11(13)18/h3-8,17-18H,2H2,1H3,(H,16,19). The number of hydrogen-bond donors (Lipinski definition) is 3. The van der Waals surface area contributed by atoms with Gasteiger partial charge in [0.15, 0.2) is 0 Å². The Kier molecular flexibility index (Phi) is 4.05. The van der Waals surface area contributed by atoms with Gasteiger partial charge in [-0.3, -0.25) is 4.79 Å². The molecule has 6 nitrogen and oxygen atoms in total. The Labute approximate surface area is 115 Å². The van der Waals surface area contributed by atoms with E-state index >= 15 is 0 Å². The van der Waals surface area contributed by atoms with E-state index in [2.05, 4.69) is 10.3 Å². The van der Waals surface area contributed by atoms with Crippen LogP contribution in [0.1, 0.15) is 17.3 Å². The molecule has 3 N–H and O–H groups in total. The van der Waals surface area contributed by atoms with Crippen LogP contribution in [0.5, 0.6) is 17.4 Å². The molecule has 0 aliphatic carbocycles. The summed E-state index contributed by atoms with van der Waals surface area (Å²) in [5.41, 5.74) is 0.252. The Morgan fingerprint density at radius 2 is 1.95 bits per heavy atom. The van der Waals surface area contributed by atoms with E-state index < -0.39 is 5.91 Å². The molecule has 1 aromatic heterocycles. The molecule has 1 aromatic carbocycles. The number of carbonyl (C=O) groups excluding carboxylic acids is 1. The Balaban J connectivity index is 2.15. The Morgan fingerprint density at radius 1 is 1.25 bits per heavy atom. The van der Waals surface area contributed by atoms with E-state index in [0.717, 1.165) is 0 Å². The molecule has 0 atom stereocenters. The number of phenols is 2. The number of aromatic hydroxyl groups is 2. The number of amides is 1. The summed E-state index contributed by atoms with van der Waals surface area (Å²) in [4.78, 5) is 16.0. The van der Waals surface area contributed by atoms with Crippen molar-refractivity contribution in [3.63, 3.8) is 0 Å². The maximum Gasteiger partial charge on any atom is 0.263 e. The van der Waals surface area contributed by atoms with Gasteiger partial charge in [0.2, 0.25) is 5.88 Å². The van der Waals surface area contributed by atoms with Crippen LogP contribution in [0.25, 0.3) is 0 Å². The second kappa shape index (κ2) is 5.92. The molecule has 6 heteroatoms. The highest BCUT2D eigenvalue weighted by atomic mass is 16.5. The van der Waals surface area contributed by atoms with Crippen LogP contribution >= 0.6 is 0 Å². The molecule has 1 amide bonds. The van der Waals surface area contributed by atoms with Crippen LogP contribution in [0.2, 0.25) is 0 Å². The number of ether oxygens (including phenoxy) is 1. The number of pyridine rings is 1. The van der Waals surface area contributed by atoms with Gasteiger partial charge in [-0.15, -0.1) is 0 Å². The van der Waals surface area contributed by atoms with Crippen molar-refractivity contribution in [2.24, 2.45) is 0 Å². The molecule has 0 aliphatic heterocycles. The van der Waals surface area contributed by atoms with Gasteiger partial charge in [-0.2, -0.15) is 0 Å². The molecule has 0 radical (unpaired) electrons. The quantitative estimate of drug-likeness (QED) is 0.794. The second-order valence-corrected chi connectivity index (χ2v) is 3.94. The molecule has 0 saturated carbocycles. The Morgan fingerprint density at radius 3 is 2.50 bits per heavy atom. The number of nitrogens with one attached hydrogen (secondary N) is 1. The van der Waals surface area contributed by atoms with Crippen molar-refractivity contribution in [1.29, 1.82) is 0 Å². The van der Waals surface area contributed by atoms with Crippen LogP contribution < -0.4 is 10.1 Å². The van der Waals surface area contributed by atoms with Crippen molar-refractivity contribution in [2.45, 2.75) is 6.92 Å². The molecule has 2 rings (SSSR count). The zero-order valence-electron chi connectivity index (χ0n) is 10.8. The lowest BCUT2D eigenvalue weighted by Crippen LogP contribution is -2.12. The number of anilines is 1. The molecule has 0 aliphatic rings. The highest BCUT2D eigenvalue weighted by molar-refractivity contribution is 6.07. The topological polar surface area (TPSA) is 91.7 Å². The fourth-order valence-electron chi connectivity index (χ4n) is 1.64. The number of hydrogen-bond acceptors (Lipinski definition) is 5. The number of benzene rings is 1. The molecule has 0 fully saturated rings. The SMILES string of the molecule is CCOc1ccc(NC(=O)c2c(O)cccc2O)cn1. The lowest BCUT2D eigenvalue weighted by Gasteiger charge is -2.08. The summed E-state index contributed by atoms with van der Waals surface area (Å²) in [6.45, 7) is 2.35. The summed E-state index contributed by atoms with van der Waals surface area (Å²) in [6.07, 6.45) is 1.43. The number of rotatable bonds is 4. The van der Waals surface area contributed by atoms with E-state index in [0.29, 0.717) is 18.2 Å². The molecule has 0 saturated heterocycles. The van der Waals surface area contributed by atoms with Crippen molar-refractivity contribution in [2.75, 3.05) is 11.9 Å². The first-order valence-electron chi connectivity index (χ1n) is 6.03. The van der Waals surface area contributed by atoms with Crippen molar-refractivity contribution < 1.29 is 19.7 Å². The lowest BCUT2D eigenvalue weighted by molar-refractivity contribution is 0.102. The molecular formula is C14H14N2O4. The van der Waals surface area contributed by atoms with Crippen LogP contribution in [0.3, 0.4) is 0 Å². The van der Waals surface area contributed by atoms with Gasteiger partial charge in [0, 0.05) is 6.07 Å². The summed E-state index contributed by atoms with van der Waals surface area (Å²) >= 11 is 0. The average Bonchev–Trinajstić information content (AvgIpc) is 2.41. The minimum Gasteiger partial charge on any atom is -0.507 e. The van der Waals surface area contributed by atoms with Gasteiger partial charge < -0.3 is 20.3 Å². The summed E-state index contributed by atoms with van der Waals surface area (Å²) in [5, 5.41) is 21.7. The van der Waals surface area contributed by atoms with Crippen molar-refractivity contribution >= 4 is 11.6 Å². The fourth-order valence-corrected chi connectivity index (χ4v) is 1.64. The highest BCUT2D eigenvalue weighted by Gasteiger charge is 2.16. The predicted molar refractivity (Wildman–Crippen MR) is 73.1 cm³/mol. The first kappa shape index (κ1) is 13.7. The predicted octanol–water partition coefficient (Wildman–Crippen LogP) is 2.14. The zero-order valence-corrected chi connectivity index (χ0v) is 10.8. The van der Waals surface area contributed by atoms with Gasteiger partial charge in [0.1, 0.15) is 17.1 Å². The van der Waals surface area contributed by atoms with Gasteiger partial charge in [0.05, 0.1) is 18.5 Å². The van der Waals surface area contributed by atoms with E-state index in [1.54, 1.807) is 12.1 Å². The molecule has 20 heavy (non-hydrogen) atoms. The van der Waals surface area contributed by atoms with Gasteiger partial charge >= 0.3 is 0 Å². The van der Waals surface area contributed by atoms with Gasteiger partial charge in [0.25, 0.3) is 5.91 Å². The minimum atomic E-state index is -0.619. The lowest BCUT2D eigenvalue weighted by atomic mass is 10.1. The molecule has 0 unspecified atom stereocenters. The van der Waals surface area contributed by atoms with E-state index in [1.807, 2.05) is 6.92 Å². The maximum absolute atomic E-state index is 12.0. The summed E-state index contributed by atoms with van der Waals surface area (Å²) in [6, 6.07) is 7.33. The van der Waals surface area contributed by atoms with Crippen LogP contribution in [-0.2, 0) is 0 Å². The third-order valence-electron chi connectivity index (χ3n) is 2.53. The fraction of sp³-hybridized carbons (Fsp3) is 0.143. The Hall–Kier alpha value is -2.76. The van der Waals surface area contributed by atoms with Crippen LogP contribution in [-0.4, -0.2) is 27.7 Å². The molecule has 1 heterocycles. The monoisotopic (exact) mass is 274 g/mol. The largest absolute Gasteiger partial charge is 0.507 e. The summed E-state index contributed by atoms with van der Waals surface area (Å²) < 4.78 is 5.18. The van der Waals surface area contributed by atoms with Crippen LogP contribution in [0, 0.1) is 0 Å². The van der Waals surface area contributed by atoms with E-state index in [1.165, 1.54) is 24.4 Å². The summed E-state index contributed by atoms with van der Waals surface area (Å²) in [5.74, 6) is -0.745. The van der Waals surface area contributed by atoms with Crippen molar-refractivity contribution in [1.82, 2.24) is 4.98 Å². The molecule has 0 bridgehead atoms. The smallest absolute Gasteiger partial charge is 0.263 e. The van der Waals surface area contributed by atoms with Gasteiger partial charge in [-0.05, 0) is 25.1 Å². The molecule has 0 spiro atoms. The average molecular weight is 274 g/mol. The summed E-state index contributed by atoms with van der Waals surface area (Å²) in [7, 11) is 0. The number of carbonyl (C=O) groups is 1. The maximum atomic E-state index is 12.0. The first-order valence-corrected chi connectivity index (χ1v) is 6.03. The third kappa shape index (κ3) is 2.97. The van der Waals surface area contributed by atoms with Gasteiger partial charge in [-0.25, -0.2) is 4.98 Å². The van der Waals surface area contributed by atoms with Crippen LogP contribution in [0.15, 0.2) is 36.5 Å². The Bertz CT molecular complexity index is 591. The van der Waals surface area contributed by atoms with E-state index in [-0.39, 0.29) is 17.1 Å². The third-order valence-corrected chi connectivity index (χ3v) is 2.53. The van der Waals surface area contributed by atoms with Gasteiger partial charge in [-0.1, -0.05) is 6.07 Å². The van der Waals surface area contributed by atoms with Crippen molar-refractivity contribution in [3.8, 4) is 17.4 Å². The zero-order chi connectivity index (χ0) is 14.5. The highest BCUT2D eigenvalue weighted by Crippen LogP contribution is 2.27. The number of aromatic nitrogens is 1. The van der Waals surface area contributed by atoms with Crippen LogP contribution in [0.4, 0.5) is 5.69 Å². The minimum absolute atomic E-state index is 0.179. The molecular weight excluding hydrogens is 260 g/mol. The van der Waals surface area contributed by atoms with Crippen molar-refractivity contribution in [3.05, 3.63) is 42.1 Å². The number of nitrogens with zero attached hydrogens (tertiary/aromatic N) is 1. The molecule has 104 valence electrons. The van der Waals surface area contributed by atoms with E-state index in [4.69, 9.17) is 4.74 Å². The normalized spacial score (nSPS) is 10.1. The van der Waals surface area contributed by atoms with E-state index in [9.17, 15) is 15.0 Å². The molecule has 2 aromatic rings. The second-order valence-electron chi connectivity index (χ2n) is 3.94. The first-order chi connectivity index (χ1) is 9.61. The number of phenolic OH excluding ortho intramolecular Hbond substituents is 2.